The second kappa shape index (κ2) is 5.45. The Morgan fingerprint density at radius 2 is 2.00 bits per heavy atom. The third-order valence-electron chi connectivity index (χ3n) is 2.79. The van der Waals surface area contributed by atoms with Gasteiger partial charge in [-0.15, -0.1) is 0 Å². The highest BCUT2D eigenvalue weighted by molar-refractivity contribution is 7.91. The fourth-order valence-electron chi connectivity index (χ4n) is 1.82. The number of nitrogens with one attached hydrogen (secondary N) is 1. The summed E-state index contributed by atoms with van der Waals surface area (Å²) in [6, 6.07) is 5.22. The molecule has 0 radical (unpaired) electrons. The maximum atomic E-state index is 11.5. The Balaban J connectivity index is 1.90. The number of carbonyl (C=O) groups excluding carboxylic acids is 1. The molecule has 108 valence electrons. The molecule has 2 rings (SSSR count). The monoisotopic (exact) mass is 300 g/mol. The van der Waals surface area contributed by atoms with Gasteiger partial charge in [0.25, 0.3) is 5.69 Å². The minimum atomic E-state index is -3.11. The van der Waals surface area contributed by atoms with E-state index < -0.39 is 27.0 Å². The number of carbonyl (C=O) groups is 1. The Morgan fingerprint density at radius 3 is 2.50 bits per heavy atom. The molecule has 0 unspecified atom stereocenters. The molecule has 1 saturated heterocycles. The van der Waals surface area contributed by atoms with Gasteiger partial charge in [0.15, 0.2) is 9.84 Å². The lowest BCUT2D eigenvalue weighted by atomic mass is 10.3. The molecule has 1 atom stereocenters. The molecule has 1 aliphatic heterocycles. The zero-order valence-electron chi connectivity index (χ0n) is 10.3. The van der Waals surface area contributed by atoms with Crippen molar-refractivity contribution in [1.29, 1.82) is 0 Å². The van der Waals surface area contributed by atoms with Crippen LogP contribution < -0.4 is 5.32 Å². The van der Waals surface area contributed by atoms with Crippen LogP contribution in [0.15, 0.2) is 24.3 Å². The number of anilines is 1. The van der Waals surface area contributed by atoms with Gasteiger partial charge in [-0.1, -0.05) is 0 Å². The van der Waals surface area contributed by atoms with Gasteiger partial charge in [0.05, 0.1) is 16.4 Å². The molecule has 0 saturated carbocycles. The molecule has 1 aromatic carbocycles. The van der Waals surface area contributed by atoms with Crippen molar-refractivity contribution >= 4 is 27.3 Å². The third-order valence-corrected chi connectivity index (χ3v) is 4.53. The Labute approximate surface area is 114 Å². The van der Waals surface area contributed by atoms with Crippen molar-refractivity contribution in [1.82, 2.24) is 0 Å². The minimum absolute atomic E-state index is 0.0163. The van der Waals surface area contributed by atoms with Crippen molar-refractivity contribution in [2.24, 2.45) is 0 Å². The van der Waals surface area contributed by atoms with Crippen LogP contribution in [-0.2, 0) is 14.6 Å². The molecule has 1 aromatic rings. The summed E-state index contributed by atoms with van der Waals surface area (Å²) in [6.07, 6.45) is -1.13. The van der Waals surface area contributed by atoms with Crippen molar-refractivity contribution in [3.8, 4) is 0 Å². The van der Waals surface area contributed by atoms with E-state index in [1.165, 1.54) is 24.3 Å². The highest BCUT2D eigenvalue weighted by atomic mass is 32.2. The van der Waals surface area contributed by atoms with Crippen LogP contribution in [0, 0.1) is 10.1 Å². The van der Waals surface area contributed by atoms with E-state index in [9.17, 15) is 23.3 Å². The smallest absolute Gasteiger partial charge is 0.411 e. The van der Waals surface area contributed by atoms with E-state index in [0.717, 1.165) is 0 Å². The molecule has 0 bridgehead atoms. The summed E-state index contributed by atoms with van der Waals surface area (Å²) >= 11 is 0. The highest BCUT2D eigenvalue weighted by Crippen LogP contribution is 2.18. The lowest BCUT2D eigenvalue weighted by molar-refractivity contribution is -0.384. The van der Waals surface area contributed by atoms with Gasteiger partial charge in [-0.25, -0.2) is 13.2 Å². The van der Waals surface area contributed by atoms with Crippen LogP contribution in [0.25, 0.3) is 0 Å². The van der Waals surface area contributed by atoms with Crippen LogP contribution in [0.2, 0.25) is 0 Å². The van der Waals surface area contributed by atoms with Crippen molar-refractivity contribution in [2.45, 2.75) is 12.5 Å². The van der Waals surface area contributed by atoms with Crippen molar-refractivity contribution < 1.29 is 22.9 Å². The zero-order chi connectivity index (χ0) is 14.8. The van der Waals surface area contributed by atoms with Gasteiger partial charge < -0.3 is 4.74 Å². The van der Waals surface area contributed by atoms with Crippen LogP contribution in [0.4, 0.5) is 16.2 Å². The first-order valence-electron chi connectivity index (χ1n) is 5.78. The molecule has 1 aliphatic rings. The summed E-state index contributed by atoms with van der Waals surface area (Å²) in [4.78, 5) is 21.4. The molecule has 20 heavy (non-hydrogen) atoms. The molecular formula is C11H12N2O6S. The lowest BCUT2D eigenvalue weighted by Crippen LogP contribution is -2.23. The normalized spacial score (nSPS) is 20.3. The summed E-state index contributed by atoms with van der Waals surface area (Å²) in [5.74, 6) is -0.150. The van der Waals surface area contributed by atoms with Gasteiger partial charge in [-0.3, -0.25) is 15.4 Å². The van der Waals surface area contributed by atoms with E-state index in [4.69, 9.17) is 4.74 Å². The van der Waals surface area contributed by atoms with Gasteiger partial charge in [0.1, 0.15) is 6.10 Å². The average molecular weight is 300 g/mol. The Morgan fingerprint density at radius 1 is 1.35 bits per heavy atom. The van der Waals surface area contributed by atoms with Crippen molar-refractivity contribution in [3.63, 3.8) is 0 Å². The predicted octanol–water partition coefficient (Wildman–Crippen LogP) is 1.33. The van der Waals surface area contributed by atoms with Crippen molar-refractivity contribution in [3.05, 3.63) is 34.4 Å². The second-order valence-corrected chi connectivity index (χ2v) is 6.59. The van der Waals surface area contributed by atoms with Crippen LogP contribution in [0.1, 0.15) is 6.42 Å². The number of sulfone groups is 1. The molecular weight excluding hydrogens is 288 g/mol. The SMILES string of the molecule is O=C(Nc1ccc([N+](=O)[O-])cc1)O[C@H]1CCS(=O)(=O)C1. The Kier molecular flexibility index (Phi) is 3.89. The van der Waals surface area contributed by atoms with Crippen LogP contribution in [0.5, 0.6) is 0 Å². The average Bonchev–Trinajstić information content (AvgIpc) is 2.69. The third kappa shape index (κ3) is 3.67. The summed E-state index contributed by atoms with van der Waals surface area (Å²) in [7, 11) is -3.11. The number of nitrogens with zero attached hydrogens (tertiary/aromatic N) is 1. The van der Waals surface area contributed by atoms with E-state index in [1.807, 2.05) is 0 Å². The Hall–Kier alpha value is -2.16. The lowest BCUT2D eigenvalue weighted by Gasteiger charge is -2.11. The number of hydrogen-bond acceptors (Lipinski definition) is 6. The maximum absolute atomic E-state index is 11.5. The number of benzene rings is 1. The molecule has 1 amide bonds. The summed E-state index contributed by atoms with van der Waals surface area (Å²) < 4.78 is 27.4. The minimum Gasteiger partial charge on any atom is -0.445 e. The molecule has 0 aliphatic carbocycles. The van der Waals surface area contributed by atoms with Crippen molar-refractivity contribution in [2.75, 3.05) is 16.8 Å². The van der Waals surface area contributed by atoms with Gasteiger partial charge in [0, 0.05) is 17.8 Å². The van der Waals surface area contributed by atoms with Crippen LogP contribution >= 0.6 is 0 Å². The second-order valence-electron chi connectivity index (χ2n) is 4.36. The van der Waals surface area contributed by atoms with Gasteiger partial charge in [-0.2, -0.15) is 0 Å². The van der Waals surface area contributed by atoms with Crippen LogP contribution in [0.3, 0.4) is 0 Å². The first-order chi connectivity index (χ1) is 9.35. The van der Waals surface area contributed by atoms with E-state index in [2.05, 4.69) is 5.32 Å². The van der Waals surface area contributed by atoms with Gasteiger partial charge in [0.2, 0.25) is 0 Å². The molecule has 9 heteroatoms. The molecule has 0 aromatic heterocycles. The number of non-ortho nitro benzene ring substituents is 1. The van der Waals surface area contributed by atoms with Gasteiger partial charge >= 0.3 is 6.09 Å². The fourth-order valence-corrected chi connectivity index (χ4v) is 3.41. The number of rotatable bonds is 3. The topological polar surface area (TPSA) is 116 Å². The van der Waals surface area contributed by atoms with E-state index in [0.29, 0.717) is 5.69 Å². The van der Waals surface area contributed by atoms with Gasteiger partial charge in [-0.05, 0) is 18.6 Å². The van der Waals surface area contributed by atoms with E-state index in [1.54, 1.807) is 0 Å². The summed E-state index contributed by atoms with van der Waals surface area (Å²) in [5.41, 5.74) is 0.243. The first kappa shape index (κ1) is 14.3. The maximum Gasteiger partial charge on any atom is 0.411 e. The predicted molar refractivity (Wildman–Crippen MR) is 70.3 cm³/mol. The number of ether oxygens (including phenoxy) is 1. The molecule has 8 nitrogen and oxygen atoms in total. The van der Waals surface area contributed by atoms with E-state index >= 15 is 0 Å². The largest absolute Gasteiger partial charge is 0.445 e. The number of hydrogen-bond donors (Lipinski definition) is 1. The first-order valence-corrected chi connectivity index (χ1v) is 7.60. The molecule has 1 fully saturated rings. The number of amides is 1. The quantitative estimate of drug-likeness (QED) is 0.665. The summed E-state index contributed by atoms with van der Waals surface area (Å²) in [6.45, 7) is 0. The zero-order valence-corrected chi connectivity index (χ0v) is 11.1. The molecule has 1 heterocycles. The Bertz CT molecular complexity index is 625. The summed E-state index contributed by atoms with van der Waals surface area (Å²) in [5, 5.41) is 12.8. The molecule has 1 N–H and O–H groups in total. The molecule has 0 spiro atoms. The standard InChI is InChI=1S/C11H12N2O6S/c14-11(19-10-5-6-20(17,18)7-10)12-8-1-3-9(4-2-8)13(15)16/h1-4,10H,5-7H2,(H,12,14)/t10-/m0/s1. The van der Waals surface area contributed by atoms with E-state index in [-0.39, 0.29) is 23.6 Å². The van der Waals surface area contributed by atoms with Crippen LogP contribution in [-0.4, -0.2) is 37.0 Å². The number of nitro groups is 1. The highest BCUT2D eigenvalue weighted by Gasteiger charge is 2.30. The fraction of sp³-hybridized carbons (Fsp3) is 0.364. The number of nitro benzene ring substituents is 1.